The van der Waals surface area contributed by atoms with E-state index in [4.69, 9.17) is 0 Å². The first-order valence-electron chi connectivity index (χ1n) is 9.33. The lowest BCUT2D eigenvalue weighted by atomic mass is 10.0. The van der Waals surface area contributed by atoms with E-state index in [9.17, 15) is 14.4 Å². The number of hydrogen-bond donors (Lipinski definition) is 2. The molecule has 1 aromatic carbocycles. The van der Waals surface area contributed by atoms with E-state index in [1.807, 2.05) is 31.2 Å². The Labute approximate surface area is 176 Å². The maximum atomic E-state index is 13.1. The molecule has 0 radical (unpaired) electrons. The number of hydrogen-bond acceptors (Lipinski definition) is 6. The van der Waals surface area contributed by atoms with Crippen molar-refractivity contribution in [3.05, 3.63) is 65.0 Å². The third kappa shape index (κ3) is 2.58. The SMILES string of the molecule is Cc1ccc2c(c1)C1(SCC(=O)N1NC(=O)c1cc3cccnc3nc1C)C(=O)N2. The van der Waals surface area contributed by atoms with Crippen LogP contribution in [0.3, 0.4) is 0 Å². The van der Waals surface area contributed by atoms with Gasteiger partial charge in [0.05, 0.1) is 17.0 Å². The average molecular weight is 419 g/mol. The Kier molecular flexibility index (Phi) is 4.04. The van der Waals surface area contributed by atoms with Gasteiger partial charge in [-0.05, 0) is 38.1 Å². The maximum Gasteiger partial charge on any atom is 0.271 e. The van der Waals surface area contributed by atoms with Gasteiger partial charge in [0.15, 0.2) is 5.65 Å². The highest BCUT2D eigenvalue weighted by atomic mass is 32.2. The number of anilines is 1. The number of hydrazine groups is 1. The fourth-order valence-electron chi connectivity index (χ4n) is 3.84. The van der Waals surface area contributed by atoms with Crippen LogP contribution in [0.2, 0.25) is 0 Å². The van der Waals surface area contributed by atoms with Crippen LogP contribution in [0, 0.1) is 13.8 Å². The molecule has 0 aliphatic carbocycles. The third-order valence-corrected chi connectivity index (χ3v) is 6.70. The zero-order chi connectivity index (χ0) is 21.0. The molecule has 3 aromatic rings. The molecule has 1 saturated heterocycles. The fourth-order valence-corrected chi connectivity index (χ4v) is 5.08. The summed E-state index contributed by atoms with van der Waals surface area (Å²) in [5, 5.41) is 4.70. The lowest BCUT2D eigenvalue weighted by Crippen LogP contribution is -2.55. The number of pyridine rings is 2. The zero-order valence-electron chi connectivity index (χ0n) is 16.2. The number of amides is 3. The molecule has 8 nitrogen and oxygen atoms in total. The smallest absolute Gasteiger partial charge is 0.271 e. The molecule has 2 aromatic heterocycles. The highest BCUT2D eigenvalue weighted by Gasteiger charge is 2.59. The normalized spacial score (nSPS) is 20.0. The van der Waals surface area contributed by atoms with Gasteiger partial charge in [-0.15, -0.1) is 11.8 Å². The largest absolute Gasteiger partial charge is 0.322 e. The van der Waals surface area contributed by atoms with Gasteiger partial charge >= 0.3 is 0 Å². The van der Waals surface area contributed by atoms with Crippen molar-refractivity contribution in [3.63, 3.8) is 0 Å². The number of aromatic nitrogens is 2. The predicted molar refractivity (Wildman–Crippen MR) is 113 cm³/mol. The summed E-state index contributed by atoms with van der Waals surface area (Å²) in [4.78, 5) is 46.1. The van der Waals surface area contributed by atoms with Crippen molar-refractivity contribution >= 4 is 46.2 Å². The molecular formula is C21H17N5O3S. The zero-order valence-corrected chi connectivity index (χ0v) is 17.0. The van der Waals surface area contributed by atoms with Crippen LogP contribution in [0.25, 0.3) is 11.0 Å². The lowest BCUT2D eigenvalue weighted by molar-refractivity contribution is -0.139. The Balaban J connectivity index is 1.55. The number of nitrogens with one attached hydrogen (secondary N) is 2. The second kappa shape index (κ2) is 6.53. The van der Waals surface area contributed by atoms with E-state index < -0.39 is 10.8 Å². The number of carbonyl (C=O) groups is 3. The Hall–Kier alpha value is -3.46. The minimum atomic E-state index is -1.33. The van der Waals surface area contributed by atoms with Crippen LogP contribution in [0.15, 0.2) is 42.6 Å². The molecule has 0 bridgehead atoms. The van der Waals surface area contributed by atoms with Crippen LogP contribution >= 0.6 is 11.8 Å². The predicted octanol–water partition coefficient (Wildman–Crippen LogP) is 2.27. The van der Waals surface area contributed by atoms with Crippen molar-refractivity contribution in [1.82, 2.24) is 20.4 Å². The van der Waals surface area contributed by atoms with E-state index >= 15 is 0 Å². The van der Waals surface area contributed by atoms with E-state index in [2.05, 4.69) is 20.7 Å². The van der Waals surface area contributed by atoms with Gasteiger partial charge in [0, 0.05) is 22.8 Å². The van der Waals surface area contributed by atoms with Gasteiger partial charge in [0.1, 0.15) is 0 Å². The standard InChI is InChI=1S/C21H17N5O3S/c1-11-5-6-16-15(8-11)21(20(29)24-16)26(17(27)10-30-21)25-19(28)14-9-13-4-3-7-22-18(13)23-12(14)2/h3-9H,10H2,1-2H3,(H,24,29)(H,25,28). The van der Waals surface area contributed by atoms with Crippen molar-refractivity contribution in [1.29, 1.82) is 0 Å². The molecule has 1 atom stereocenters. The summed E-state index contributed by atoms with van der Waals surface area (Å²) in [6, 6.07) is 10.8. The minimum Gasteiger partial charge on any atom is -0.322 e. The van der Waals surface area contributed by atoms with Crippen LogP contribution in [-0.4, -0.2) is 38.5 Å². The Morgan fingerprint density at radius 1 is 1.23 bits per heavy atom. The second-order valence-corrected chi connectivity index (χ2v) is 8.45. The van der Waals surface area contributed by atoms with Gasteiger partial charge in [-0.3, -0.25) is 19.8 Å². The average Bonchev–Trinajstić information content (AvgIpc) is 3.19. The molecule has 5 rings (SSSR count). The number of rotatable bonds is 2. The van der Waals surface area contributed by atoms with Crippen molar-refractivity contribution < 1.29 is 14.4 Å². The molecular weight excluding hydrogens is 402 g/mol. The van der Waals surface area contributed by atoms with Gasteiger partial charge in [0.2, 0.25) is 4.87 Å². The van der Waals surface area contributed by atoms with E-state index in [0.29, 0.717) is 33.5 Å². The molecule has 2 aliphatic heterocycles. The number of fused-ring (bicyclic) bond motifs is 3. The summed E-state index contributed by atoms with van der Waals surface area (Å²) in [7, 11) is 0. The van der Waals surface area contributed by atoms with Crippen molar-refractivity contribution in [2.24, 2.45) is 0 Å². The summed E-state index contributed by atoms with van der Waals surface area (Å²) >= 11 is 1.20. The third-order valence-electron chi connectivity index (χ3n) is 5.30. The summed E-state index contributed by atoms with van der Waals surface area (Å²) < 4.78 is 0. The molecule has 9 heteroatoms. The molecule has 150 valence electrons. The maximum absolute atomic E-state index is 13.1. The molecule has 4 heterocycles. The Bertz CT molecular complexity index is 1260. The first kappa shape index (κ1) is 18.6. The highest BCUT2D eigenvalue weighted by molar-refractivity contribution is 8.02. The summed E-state index contributed by atoms with van der Waals surface area (Å²) in [5.74, 6) is -1.11. The molecule has 1 unspecified atom stereocenters. The molecule has 2 N–H and O–H groups in total. The van der Waals surface area contributed by atoms with Gasteiger partial charge < -0.3 is 5.32 Å². The highest BCUT2D eigenvalue weighted by Crippen LogP contribution is 2.51. The summed E-state index contributed by atoms with van der Waals surface area (Å²) in [6.45, 7) is 3.62. The monoisotopic (exact) mass is 419 g/mol. The first-order valence-corrected chi connectivity index (χ1v) is 10.3. The molecule has 2 aliphatic rings. The number of thioether (sulfide) groups is 1. The summed E-state index contributed by atoms with van der Waals surface area (Å²) in [6.07, 6.45) is 1.64. The van der Waals surface area contributed by atoms with Crippen molar-refractivity contribution in [3.8, 4) is 0 Å². The van der Waals surface area contributed by atoms with Crippen LogP contribution in [0.5, 0.6) is 0 Å². The van der Waals surface area contributed by atoms with Gasteiger partial charge in [0.25, 0.3) is 17.7 Å². The topological polar surface area (TPSA) is 104 Å². The van der Waals surface area contributed by atoms with Gasteiger partial charge in [-0.1, -0.05) is 17.7 Å². The summed E-state index contributed by atoms with van der Waals surface area (Å²) in [5.41, 5.74) is 6.28. The van der Waals surface area contributed by atoms with Crippen molar-refractivity contribution in [2.75, 3.05) is 11.1 Å². The van der Waals surface area contributed by atoms with E-state index in [0.717, 1.165) is 10.6 Å². The molecule has 3 amide bonds. The van der Waals surface area contributed by atoms with Gasteiger partial charge in [-0.25, -0.2) is 15.0 Å². The number of aryl methyl sites for hydroxylation is 2. The lowest BCUT2D eigenvalue weighted by Gasteiger charge is -2.32. The van der Waals surface area contributed by atoms with Crippen LogP contribution < -0.4 is 10.7 Å². The number of nitrogens with zero attached hydrogens (tertiary/aromatic N) is 3. The Morgan fingerprint density at radius 3 is 2.90 bits per heavy atom. The first-order chi connectivity index (χ1) is 14.4. The van der Waals surface area contributed by atoms with Gasteiger partial charge in [-0.2, -0.15) is 0 Å². The van der Waals surface area contributed by atoms with Crippen LogP contribution in [0.4, 0.5) is 5.69 Å². The minimum absolute atomic E-state index is 0.0833. The fraction of sp³-hybridized carbons (Fsp3) is 0.190. The van der Waals surface area contributed by atoms with Crippen molar-refractivity contribution in [2.45, 2.75) is 18.7 Å². The van der Waals surface area contributed by atoms with E-state index in [1.165, 1.54) is 11.8 Å². The van der Waals surface area contributed by atoms with Crippen LogP contribution in [-0.2, 0) is 14.5 Å². The number of carbonyl (C=O) groups excluding carboxylic acids is 3. The quantitative estimate of drug-likeness (QED) is 0.660. The van der Waals surface area contributed by atoms with E-state index in [1.54, 1.807) is 25.3 Å². The number of benzene rings is 1. The van der Waals surface area contributed by atoms with Crippen LogP contribution in [0.1, 0.15) is 27.2 Å². The van der Waals surface area contributed by atoms with E-state index in [-0.39, 0.29) is 17.6 Å². The molecule has 1 spiro atoms. The molecule has 0 saturated carbocycles. The molecule has 30 heavy (non-hydrogen) atoms. The Morgan fingerprint density at radius 2 is 2.07 bits per heavy atom. The second-order valence-electron chi connectivity index (χ2n) is 7.28. The molecule has 1 fully saturated rings.